The van der Waals surface area contributed by atoms with Crippen molar-refractivity contribution in [1.29, 1.82) is 0 Å². The Balaban J connectivity index is 1.68. The summed E-state index contributed by atoms with van der Waals surface area (Å²) in [4.78, 5) is 39.9. The van der Waals surface area contributed by atoms with Crippen LogP contribution in [0.25, 0.3) is 0 Å². The van der Waals surface area contributed by atoms with Gasteiger partial charge in [-0.25, -0.2) is 9.59 Å². The highest BCUT2D eigenvalue weighted by Crippen LogP contribution is 2.32. The van der Waals surface area contributed by atoms with Crippen LogP contribution in [0.1, 0.15) is 40.5 Å². The van der Waals surface area contributed by atoms with Gasteiger partial charge in [0.05, 0.1) is 11.3 Å². The Kier molecular flexibility index (Phi) is 4.34. The highest BCUT2D eigenvalue weighted by molar-refractivity contribution is 6.00. The molecule has 0 bridgehead atoms. The first-order chi connectivity index (χ1) is 11.7. The summed E-state index contributed by atoms with van der Waals surface area (Å²) in [5, 5.41) is 0. The third-order valence-electron chi connectivity index (χ3n) is 4.65. The molecule has 3 heterocycles. The summed E-state index contributed by atoms with van der Waals surface area (Å²) >= 11 is 0. The van der Waals surface area contributed by atoms with Gasteiger partial charge in [0.2, 0.25) is 0 Å². The first-order valence-corrected chi connectivity index (χ1v) is 8.55. The van der Waals surface area contributed by atoms with Crippen LogP contribution in [0.4, 0.5) is 4.79 Å². The van der Waals surface area contributed by atoms with Crippen molar-refractivity contribution in [1.82, 2.24) is 9.80 Å². The van der Waals surface area contributed by atoms with E-state index < -0.39 is 5.60 Å². The highest BCUT2D eigenvalue weighted by Gasteiger charge is 2.38. The Morgan fingerprint density at radius 3 is 2.44 bits per heavy atom. The maximum atomic E-state index is 12.8. The SMILES string of the molecule is CC1=C(N2CC3=C(CCN(C(=O)OC(C)(C)C)CC3)C2=O)COC1=O. The quantitative estimate of drug-likeness (QED) is 0.677. The number of rotatable bonds is 1. The fourth-order valence-corrected chi connectivity index (χ4v) is 3.29. The monoisotopic (exact) mass is 348 g/mol. The van der Waals surface area contributed by atoms with E-state index in [9.17, 15) is 14.4 Å². The van der Waals surface area contributed by atoms with E-state index >= 15 is 0 Å². The molecule has 0 aromatic carbocycles. The van der Waals surface area contributed by atoms with E-state index in [0.29, 0.717) is 43.7 Å². The van der Waals surface area contributed by atoms with Gasteiger partial charge in [0.25, 0.3) is 5.91 Å². The molecule has 136 valence electrons. The van der Waals surface area contributed by atoms with Crippen molar-refractivity contribution in [3.05, 3.63) is 22.4 Å². The van der Waals surface area contributed by atoms with E-state index in [1.807, 2.05) is 20.8 Å². The van der Waals surface area contributed by atoms with Crippen LogP contribution < -0.4 is 0 Å². The lowest BCUT2D eigenvalue weighted by molar-refractivity contribution is -0.136. The summed E-state index contributed by atoms with van der Waals surface area (Å²) in [5.41, 5.74) is 2.42. The molecule has 0 saturated heterocycles. The van der Waals surface area contributed by atoms with Crippen LogP contribution in [0.15, 0.2) is 22.4 Å². The Hall–Kier alpha value is -2.31. The average Bonchev–Trinajstić information content (AvgIpc) is 2.90. The van der Waals surface area contributed by atoms with E-state index in [1.165, 1.54) is 0 Å². The van der Waals surface area contributed by atoms with Crippen LogP contribution >= 0.6 is 0 Å². The second kappa shape index (κ2) is 6.20. The van der Waals surface area contributed by atoms with E-state index in [-0.39, 0.29) is 24.6 Å². The Bertz CT molecular complexity index is 699. The first kappa shape index (κ1) is 17.5. The van der Waals surface area contributed by atoms with E-state index in [1.54, 1.807) is 16.7 Å². The maximum absolute atomic E-state index is 12.8. The third kappa shape index (κ3) is 3.41. The molecule has 0 radical (unpaired) electrons. The lowest BCUT2D eigenvalue weighted by atomic mass is 10.1. The van der Waals surface area contributed by atoms with Crippen molar-refractivity contribution < 1.29 is 23.9 Å². The van der Waals surface area contributed by atoms with E-state index in [4.69, 9.17) is 9.47 Å². The number of nitrogens with zero attached hydrogens (tertiary/aromatic N) is 2. The first-order valence-electron chi connectivity index (χ1n) is 8.55. The van der Waals surface area contributed by atoms with Crippen LogP contribution in [-0.2, 0) is 19.1 Å². The standard InChI is InChI=1S/C18H24N2O5/c1-11-14(10-24-16(11)22)20-9-12-5-7-19(8-6-13(12)15(20)21)17(23)25-18(2,3)4/h5-10H2,1-4H3. The fourth-order valence-electron chi connectivity index (χ4n) is 3.29. The number of esters is 1. The molecule has 0 atom stereocenters. The summed E-state index contributed by atoms with van der Waals surface area (Å²) < 4.78 is 10.4. The molecule has 0 aliphatic carbocycles. The molecule has 0 N–H and O–H groups in total. The Morgan fingerprint density at radius 2 is 1.84 bits per heavy atom. The second-order valence-electron chi connectivity index (χ2n) is 7.59. The fraction of sp³-hybridized carbons (Fsp3) is 0.611. The van der Waals surface area contributed by atoms with Gasteiger partial charge in [-0.3, -0.25) is 4.79 Å². The van der Waals surface area contributed by atoms with Gasteiger partial charge in [0.1, 0.15) is 12.2 Å². The predicted molar refractivity (Wildman–Crippen MR) is 89.4 cm³/mol. The molecule has 3 aliphatic rings. The molecule has 0 fully saturated rings. The van der Waals surface area contributed by atoms with Gasteiger partial charge in [-0.05, 0) is 46.1 Å². The highest BCUT2D eigenvalue weighted by atomic mass is 16.6. The van der Waals surface area contributed by atoms with Gasteiger partial charge >= 0.3 is 12.1 Å². The number of carbonyl (C=O) groups is 3. The molecule has 3 aliphatic heterocycles. The van der Waals surface area contributed by atoms with Gasteiger partial charge in [-0.2, -0.15) is 0 Å². The summed E-state index contributed by atoms with van der Waals surface area (Å²) in [6.07, 6.45) is 0.800. The normalized spacial score (nSPS) is 21.6. The largest absolute Gasteiger partial charge is 0.456 e. The molecular weight excluding hydrogens is 324 g/mol. The molecule has 0 aromatic heterocycles. The number of ether oxygens (including phenoxy) is 2. The summed E-state index contributed by atoms with van der Waals surface area (Å²) in [7, 11) is 0. The third-order valence-corrected chi connectivity index (χ3v) is 4.65. The van der Waals surface area contributed by atoms with Crippen molar-refractivity contribution in [3.8, 4) is 0 Å². The minimum Gasteiger partial charge on any atom is -0.456 e. The molecule has 7 nitrogen and oxygen atoms in total. The van der Waals surface area contributed by atoms with Gasteiger partial charge in [-0.15, -0.1) is 0 Å². The van der Waals surface area contributed by atoms with Crippen molar-refractivity contribution in [2.45, 2.75) is 46.1 Å². The molecule has 2 amide bonds. The molecule has 0 aromatic rings. The van der Waals surface area contributed by atoms with Crippen LogP contribution in [0.2, 0.25) is 0 Å². The number of amides is 2. The van der Waals surface area contributed by atoms with Crippen LogP contribution in [0, 0.1) is 0 Å². The zero-order valence-electron chi connectivity index (χ0n) is 15.2. The van der Waals surface area contributed by atoms with Crippen LogP contribution in [0.3, 0.4) is 0 Å². The van der Waals surface area contributed by atoms with Gasteiger partial charge in [0.15, 0.2) is 0 Å². The average molecular weight is 348 g/mol. The molecular formula is C18H24N2O5. The zero-order chi connectivity index (χ0) is 18.4. The van der Waals surface area contributed by atoms with Gasteiger partial charge < -0.3 is 19.3 Å². The van der Waals surface area contributed by atoms with Crippen molar-refractivity contribution in [2.75, 3.05) is 26.2 Å². The summed E-state index contributed by atoms with van der Waals surface area (Å²) in [6.45, 7) is 8.81. The summed E-state index contributed by atoms with van der Waals surface area (Å²) in [5.74, 6) is -0.435. The van der Waals surface area contributed by atoms with E-state index in [0.717, 1.165) is 11.1 Å². The van der Waals surface area contributed by atoms with Crippen LogP contribution in [0.5, 0.6) is 0 Å². The lowest BCUT2D eigenvalue weighted by Crippen LogP contribution is -2.38. The van der Waals surface area contributed by atoms with Crippen molar-refractivity contribution >= 4 is 18.0 Å². The zero-order valence-corrected chi connectivity index (χ0v) is 15.2. The number of hydrogen-bond acceptors (Lipinski definition) is 5. The number of hydrogen-bond donors (Lipinski definition) is 0. The number of carbonyl (C=O) groups excluding carboxylic acids is 3. The van der Waals surface area contributed by atoms with Crippen molar-refractivity contribution in [2.24, 2.45) is 0 Å². The Labute approximate surface area is 147 Å². The topological polar surface area (TPSA) is 76.2 Å². The number of cyclic esters (lactones) is 1. The minimum atomic E-state index is -0.537. The van der Waals surface area contributed by atoms with E-state index in [2.05, 4.69) is 0 Å². The molecule has 0 spiro atoms. The molecule has 3 rings (SSSR count). The molecule has 25 heavy (non-hydrogen) atoms. The molecule has 0 unspecified atom stereocenters. The Morgan fingerprint density at radius 1 is 1.16 bits per heavy atom. The summed E-state index contributed by atoms with van der Waals surface area (Å²) in [6, 6.07) is 0. The second-order valence-corrected chi connectivity index (χ2v) is 7.59. The lowest BCUT2D eigenvalue weighted by Gasteiger charge is -2.27. The smallest absolute Gasteiger partial charge is 0.410 e. The van der Waals surface area contributed by atoms with Crippen molar-refractivity contribution in [3.63, 3.8) is 0 Å². The van der Waals surface area contributed by atoms with Gasteiger partial charge in [-0.1, -0.05) is 0 Å². The maximum Gasteiger partial charge on any atom is 0.410 e. The van der Waals surface area contributed by atoms with Gasteiger partial charge in [0, 0.05) is 25.2 Å². The minimum absolute atomic E-state index is 0.0753. The predicted octanol–water partition coefficient (Wildman–Crippen LogP) is 1.99. The molecule has 7 heteroatoms. The molecule has 0 saturated carbocycles. The van der Waals surface area contributed by atoms with Crippen LogP contribution in [-0.4, -0.2) is 59.6 Å².